The maximum Gasteiger partial charge on any atom is 0.255 e. The molecule has 0 bridgehead atoms. The fourth-order valence-electron chi connectivity index (χ4n) is 3.08. The second kappa shape index (κ2) is 8.03. The van der Waals surface area contributed by atoms with Crippen molar-refractivity contribution >= 4 is 39.1 Å². The normalized spacial score (nSPS) is 17.5. The lowest BCUT2D eigenvalue weighted by atomic mass is 10.2. The van der Waals surface area contributed by atoms with Gasteiger partial charge in [0.15, 0.2) is 9.84 Å². The predicted molar refractivity (Wildman–Crippen MR) is 106 cm³/mol. The minimum Gasteiger partial charge on any atom is -0.337 e. The molecule has 1 aliphatic rings. The number of benzene rings is 2. The first-order valence-corrected chi connectivity index (χ1v) is 11.3. The number of carbonyl (C=O) groups excluding carboxylic acids is 1. The number of carbonyl (C=O) groups is 1. The number of nitrogens with zero attached hydrogens (tertiary/aromatic N) is 1. The first-order chi connectivity index (χ1) is 12.4. The van der Waals surface area contributed by atoms with E-state index >= 15 is 0 Å². The molecule has 0 saturated carbocycles. The maximum atomic E-state index is 12.9. The Bertz CT molecular complexity index is 897. The van der Waals surface area contributed by atoms with Crippen LogP contribution in [0.2, 0.25) is 5.02 Å². The van der Waals surface area contributed by atoms with Gasteiger partial charge in [-0.3, -0.25) is 4.79 Å². The lowest BCUT2D eigenvalue weighted by Gasteiger charge is -2.18. The molecule has 1 amide bonds. The molecule has 3 rings (SSSR count). The molecule has 1 fully saturated rings. The molecule has 1 heterocycles. The van der Waals surface area contributed by atoms with Gasteiger partial charge in [0.1, 0.15) is 0 Å². The molecule has 1 unspecified atom stereocenters. The molecular formula is C19H20ClNO3S2. The van der Waals surface area contributed by atoms with Crippen LogP contribution < -0.4 is 0 Å². The summed E-state index contributed by atoms with van der Waals surface area (Å²) in [4.78, 5) is 15.7. The molecule has 0 N–H and O–H groups in total. The number of likely N-dealkylation sites (tertiary alicyclic amines) is 1. The summed E-state index contributed by atoms with van der Waals surface area (Å²) in [5.41, 5.74) is 0.642. The van der Waals surface area contributed by atoms with E-state index < -0.39 is 15.1 Å². The number of hydrogen-bond acceptors (Lipinski definition) is 4. The van der Waals surface area contributed by atoms with Crippen LogP contribution in [0, 0.1) is 0 Å². The van der Waals surface area contributed by atoms with Crippen LogP contribution in [0.3, 0.4) is 0 Å². The average molecular weight is 410 g/mol. The topological polar surface area (TPSA) is 54.5 Å². The largest absolute Gasteiger partial charge is 0.337 e. The molecule has 7 heteroatoms. The van der Waals surface area contributed by atoms with Crippen LogP contribution in [0.1, 0.15) is 23.7 Å². The van der Waals surface area contributed by atoms with Gasteiger partial charge in [-0.25, -0.2) is 8.42 Å². The Labute approximate surface area is 163 Å². The molecule has 1 saturated heterocycles. The zero-order chi connectivity index (χ0) is 18.7. The molecule has 2 aromatic rings. The third kappa shape index (κ3) is 3.92. The van der Waals surface area contributed by atoms with Crippen LogP contribution in [0.5, 0.6) is 0 Å². The van der Waals surface area contributed by atoms with Crippen LogP contribution in [-0.4, -0.2) is 43.3 Å². The second-order valence-electron chi connectivity index (χ2n) is 6.09. The number of amides is 1. The second-order valence-corrected chi connectivity index (χ2v) is 10.1. The fraction of sp³-hybridized carbons (Fsp3) is 0.316. The molecule has 1 aliphatic heterocycles. The van der Waals surface area contributed by atoms with Crippen LogP contribution in [0.4, 0.5) is 0 Å². The first-order valence-electron chi connectivity index (χ1n) is 8.44. The molecule has 0 aliphatic carbocycles. The molecule has 0 aromatic heterocycles. The first kappa shape index (κ1) is 19.3. The molecule has 4 nitrogen and oxygen atoms in total. The highest BCUT2D eigenvalue weighted by atomic mass is 35.5. The summed E-state index contributed by atoms with van der Waals surface area (Å²) in [6.45, 7) is 2.70. The van der Waals surface area contributed by atoms with E-state index in [0.29, 0.717) is 23.6 Å². The molecule has 2 aromatic carbocycles. The Morgan fingerprint density at radius 2 is 1.88 bits per heavy atom. The summed E-state index contributed by atoms with van der Waals surface area (Å²) in [6.07, 6.45) is 0.444. The zero-order valence-corrected chi connectivity index (χ0v) is 16.8. The Hall–Kier alpha value is -1.50. The van der Waals surface area contributed by atoms with Crippen LogP contribution in [0.15, 0.2) is 58.3 Å². The number of halogens is 1. The van der Waals surface area contributed by atoms with Crippen LogP contribution in [0.25, 0.3) is 0 Å². The van der Waals surface area contributed by atoms with Crippen molar-refractivity contribution in [2.45, 2.75) is 28.4 Å². The molecular weight excluding hydrogens is 390 g/mol. The van der Waals surface area contributed by atoms with E-state index in [2.05, 4.69) is 0 Å². The van der Waals surface area contributed by atoms with Crippen molar-refractivity contribution < 1.29 is 13.2 Å². The summed E-state index contributed by atoms with van der Waals surface area (Å²) in [5.74, 6) is 0.771. The lowest BCUT2D eigenvalue weighted by Crippen LogP contribution is -2.32. The quantitative estimate of drug-likeness (QED) is 0.696. The fourth-order valence-corrected chi connectivity index (χ4v) is 5.69. The van der Waals surface area contributed by atoms with Crippen molar-refractivity contribution in [3.05, 3.63) is 59.1 Å². The number of hydrogen-bond donors (Lipinski definition) is 0. The summed E-state index contributed by atoms with van der Waals surface area (Å²) in [7, 11) is -3.48. The van der Waals surface area contributed by atoms with Crippen molar-refractivity contribution in [2.75, 3.05) is 18.8 Å². The number of thioether (sulfide) groups is 1. The van der Waals surface area contributed by atoms with Gasteiger partial charge in [-0.2, -0.15) is 0 Å². The van der Waals surface area contributed by atoms with Gasteiger partial charge in [0.05, 0.1) is 15.7 Å². The van der Waals surface area contributed by atoms with Crippen molar-refractivity contribution in [3.63, 3.8) is 0 Å². The van der Waals surface area contributed by atoms with E-state index in [4.69, 9.17) is 11.6 Å². The minimum absolute atomic E-state index is 0.102. The summed E-state index contributed by atoms with van der Waals surface area (Å²) in [6, 6.07) is 13.7. The third-order valence-corrected chi connectivity index (χ3v) is 7.83. The van der Waals surface area contributed by atoms with Gasteiger partial charge < -0.3 is 4.90 Å². The molecule has 0 radical (unpaired) electrons. The summed E-state index contributed by atoms with van der Waals surface area (Å²) < 4.78 is 25.7. The summed E-state index contributed by atoms with van der Waals surface area (Å²) >= 11 is 7.46. The van der Waals surface area contributed by atoms with Crippen LogP contribution in [-0.2, 0) is 9.84 Å². The van der Waals surface area contributed by atoms with Crippen molar-refractivity contribution in [2.24, 2.45) is 0 Å². The van der Waals surface area contributed by atoms with Crippen molar-refractivity contribution in [1.29, 1.82) is 0 Å². The van der Waals surface area contributed by atoms with Gasteiger partial charge in [-0.15, -0.1) is 11.8 Å². The van der Waals surface area contributed by atoms with Gasteiger partial charge in [-0.1, -0.05) is 30.7 Å². The smallest absolute Gasteiger partial charge is 0.255 e. The van der Waals surface area contributed by atoms with Gasteiger partial charge in [0.25, 0.3) is 5.91 Å². The Kier molecular flexibility index (Phi) is 5.95. The van der Waals surface area contributed by atoms with Gasteiger partial charge >= 0.3 is 0 Å². The van der Waals surface area contributed by atoms with Crippen molar-refractivity contribution in [1.82, 2.24) is 4.90 Å². The highest BCUT2D eigenvalue weighted by Gasteiger charge is 2.36. The van der Waals surface area contributed by atoms with E-state index in [0.717, 1.165) is 10.6 Å². The van der Waals surface area contributed by atoms with Crippen LogP contribution >= 0.6 is 23.4 Å². The van der Waals surface area contributed by atoms with E-state index in [1.54, 1.807) is 34.9 Å². The standard InChI is InChI=1S/C19H20ClNO3S2/c1-2-25-18-6-4-3-5-17(18)19(22)21-12-11-16(13-21)26(23,24)15-9-7-14(20)8-10-15/h3-10,16H,2,11-13H2,1H3. The maximum absolute atomic E-state index is 12.9. The van der Waals surface area contributed by atoms with Gasteiger partial charge in [0.2, 0.25) is 0 Å². The highest BCUT2D eigenvalue weighted by Crippen LogP contribution is 2.28. The van der Waals surface area contributed by atoms with E-state index in [9.17, 15) is 13.2 Å². The molecule has 138 valence electrons. The van der Waals surface area contributed by atoms with Gasteiger partial charge in [-0.05, 0) is 48.6 Å². The zero-order valence-electron chi connectivity index (χ0n) is 14.4. The number of sulfone groups is 1. The van der Waals surface area contributed by atoms with Crippen molar-refractivity contribution in [3.8, 4) is 0 Å². The predicted octanol–water partition coefficient (Wildman–Crippen LogP) is 4.14. The minimum atomic E-state index is -3.48. The molecule has 26 heavy (non-hydrogen) atoms. The van der Waals surface area contributed by atoms with Gasteiger partial charge in [0, 0.05) is 23.0 Å². The third-order valence-electron chi connectivity index (χ3n) is 4.43. The number of rotatable bonds is 5. The summed E-state index contributed by atoms with van der Waals surface area (Å²) in [5, 5.41) is -0.0872. The average Bonchev–Trinajstić information content (AvgIpc) is 3.13. The van der Waals surface area contributed by atoms with E-state index in [1.807, 2.05) is 25.1 Å². The lowest BCUT2D eigenvalue weighted by molar-refractivity contribution is 0.0790. The van der Waals surface area contributed by atoms with E-state index in [1.165, 1.54) is 12.1 Å². The molecule has 0 spiro atoms. The Balaban J connectivity index is 1.78. The highest BCUT2D eigenvalue weighted by molar-refractivity contribution is 7.99. The monoisotopic (exact) mass is 409 g/mol. The molecule has 1 atom stereocenters. The Morgan fingerprint density at radius 1 is 1.19 bits per heavy atom. The SMILES string of the molecule is CCSc1ccccc1C(=O)N1CCC(S(=O)(=O)c2ccc(Cl)cc2)C1. The Morgan fingerprint density at radius 3 is 2.58 bits per heavy atom. The van der Waals surface area contributed by atoms with E-state index in [-0.39, 0.29) is 17.3 Å².